The topological polar surface area (TPSA) is 91.5 Å². The van der Waals surface area contributed by atoms with Gasteiger partial charge >= 0.3 is 11.8 Å². The number of hydrogen-bond acceptors (Lipinski definition) is 6. The molecule has 1 aromatic heterocycles. The van der Waals surface area contributed by atoms with Gasteiger partial charge in [0.25, 0.3) is 0 Å². The van der Waals surface area contributed by atoms with Gasteiger partial charge in [-0.2, -0.15) is 4.68 Å². The van der Waals surface area contributed by atoms with Crippen LogP contribution in [0.4, 0.5) is 9.18 Å². The van der Waals surface area contributed by atoms with Crippen molar-refractivity contribution < 1.29 is 18.8 Å². The van der Waals surface area contributed by atoms with E-state index in [1.807, 2.05) is 6.92 Å². The molecule has 2 rings (SSSR count). The zero-order valence-corrected chi connectivity index (χ0v) is 13.4. The number of aromatic nitrogens is 4. The first kappa shape index (κ1) is 17.6. The van der Waals surface area contributed by atoms with E-state index in [9.17, 15) is 14.0 Å². The normalized spacial score (nSPS) is 10.6. The Bertz CT molecular complexity index is 745. The highest BCUT2D eigenvalue weighted by Crippen LogP contribution is 2.05. The molecule has 0 radical (unpaired) electrons. The van der Waals surface area contributed by atoms with Gasteiger partial charge in [0.15, 0.2) is 0 Å². The van der Waals surface area contributed by atoms with E-state index >= 15 is 0 Å². The molecule has 2 aromatic rings. The summed E-state index contributed by atoms with van der Waals surface area (Å²) in [6.45, 7) is 2.99. The first-order valence-corrected chi connectivity index (χ1v) is 7.34. The van der Waals surface area contributed by atoms with Gasteiger partial charge in [-0.25, -0.2) is 14.0 Å². The molecule has 9 nitrogen and oxygen atoms in total. The molecule has 0 aliphatic carbocycles. The lowest BCUT2D eigenvalue weighted by molar-refractivity contribution is 0.0630. The minimum Gasteiger partial charge on any atom is -0.383 e. The Morgan fingerprint density at radius 1 is 1.33 bits per heavy atom. The Labute approximate surface area is 137 Å². The quantitative estimate of drug-likeness (QED) is 0.681. The number of halogens is 1. The van der Waals surface area contributed by atoms with E-state index < -0.39 is 17.6 Å². The number of carbonyl (C=O) groups excluding carboxylic acids is 1. The third kappa shape index (κ3) is 4.16. The minimum atomic E-state index is -0.822. The molecule has 0 spiro atoms. The molecule has 1 amide bonds. The van der Waals surface area contributed by atoms with Crippen LogP contribution in [0.5, 0.6) is 0 Å². The first-order valence-electron chi connectivity index (χ1n) is 7.34. The van der Waals surface area contributed by atoms with Crippen LogP contribution < -0.4 is 10.5 Å². The third-order valence-electron chi connectivity index (χ3n) is 3.09. The van der Waals surface area contributed by atoms with Crippen molar-refractivity contribution in [1.29, 1.82) is 0 Å². The lowest BCUT2D eigenvalue weighted by atomic mass is 10.3. The third-order valence-corrected chi connectivity index (χ3v) is 3.09. The number of methoxy groups -OCH3 is 1. The molecule has 0 saturated carbocycles. The van der Waals surface area contributed by atoms with Crippen molar-refractivity contribution in [3.8, 4) is 5.69 Å². The molecule has 0 aliphatic rings. The second-order valence-electron chi connectivity index (χ2n) is 4.86. The van der Waals surface area contributed by atoms with E-state index in [1.165, 1.54) is 30.2 Å². The fourth-order valence-corrected chi connectivity index (χ4v) is 1.96. The molecule has 0 N–H and O–H groups in total. The highest BCUT2D eigenvalue weighted by atomic mass is 19.1. The van der Waals surface area contributed by atoms with Crippen molar-refractivity contribution in [2.45, 2.75) is 13.3 Å². The lowest BCUT2D eigenvalue weighted by Crippen LogP contribution is -2.42. The van der Waals surface area contributed by atoms with Crippen molar-refractivity contribution in [3.05, 3.63) is 40.6 Å². The van der Waals surface area contributed by atoms with E-state index in [-0.39, 0.29) is 5.69 Å². The maximum atomic E-state index is 13.2. The molecule has 1 aromatic carbocycles. The van der Waals surface area contributed by atoms with E-state index in [0.717, 1.165) is 10.7 Å². The van der Waals surface area contributed by atoms with Crippen molar-refractivity contribution in [1.82, 2.24) is 24.9 Å². The summed E-state index contributed by atoms with van der Waals surface area (Å²) in [5, 5.41) is 7.06. The maximum Gasteiger partial charge on any atom is 0.436 e. The molecular weight excluding hydrogens is 321 g/mol. The van der Waals surface area contributed by atoms with Crippen LogP contribution in [0.3, 0.4) is 0 Å². The van der Waals surface area contributed by atoms with Crippen LogP contribution >= 0.6 is 0 Å². The first-order chi connectivity index (χ1) is 11.6. The number of rotatable bonds is 7. The van der Waals surface area contributed by atoms with Crippen LogP contribution in [0.25, 0.3) is 5.69 Å². The highest BCUT2D eigenvalue weighted by Gasteiger charge is 2.19. The van der Waals surface area contributed by atoms with Gasteiger partial charge in [0.1, 0.15) is 5.82 Å². The molecule has 130 valence electrons. The van der Waals surface area contributed by atoms with Crippen molar-refractivity contribution in [2.75, 3.05) is 26.8 Å². The summed E-state index contributed by atoms with van der Waals surface area (Å²) in [7, 11) is 1.52. The number of nitrogens with zero attached hydrogens (tertiary/aromatic N) is 5. The van der Waals surface area contributed by atoms with E-state index in [2.05, 4.69) is 10.4 Å². The second kappa shape index (κ2) is 8.20. The number of amides is 1. The van der Waals surface area contributed by atoms with Gasteiger partial charge in [-0.15, -0.1) is 0 Å². The molecule has 0 aliphatic heterocycles. The fourth-order valence-electron chi connectivity index (χ4n) is 1.96. The molecule has 0 fully saturated rings. The van der Waals surface area contributed by atoms with Gasteiger partial charge < -0.3 is 9.64 Å². The number of carbonyl (C=O) groups is 1. The predicted octanol–water partition coefficient (Wildman–Crippen LogP) is 0.475. The summed E-state index contributed by atoms with van der Waals surface area (Å²) in [5.41, 5.74) is -0.649. The minimum absolute atomic E-state index is 0.173. The summed E-state index contributed by atoms with van der Waals surface area (Å²) in [4.78, 5) is 31.1. The zero-order valence-electron chi connectivity index (χ0n) is 13.4. The summed E-state index contributed by atoms with van der Waals surface area (Å²) in [6.07, 6.45) is -0.0359. The van der Waals surface area contributed by atoms with Crippen LogP contribution in [-0.2, 0) is 4.74 Å². The average molecular weight is 339 g/mol. The Hall–Kier alpha value is -2.75. The average Bonchev–Trinajstić information content (AvgIpc) is 2.92. The summed E-state index contributed by atoms with van der Waals surface area (Å²) >= 11 is 0. The van der Waals surface area contributed by atoms with Gasteiger partial charge in [0.05, 0.1) is 12.3 Å². The Kier molecular flexibility index (Phi) is 6.01. The standard InChI is InChI=1S/C14H18FN5O4/c1-3-7-18(8-9-23-2)14(22)24-20-13(21)19(16-17-20)12-6-4-5-11(15)10-12/h4-6,10H,3,7-9H2,1-2H3. The van der Waals surface area contributed by atoms with Gasteiger partial charge in [-0.1, -0.05) is 13.0 Å². The van der Waals surface area contributed by atoms with Crippen LogP contribution in [0.2, 0.25) is 0 Å². The van der Waals surface area contributed by atoms with E-state index in [0.29, 0.717) is 31.0 Å². The zero-order chi connectivity index (χ0) is 17.5. The van der Waals surface area contributed by atoms with Crippen molar-refractivity contribution >= 4 is 6.09 Å². The van der Waals surface area contributed by atoms with E-state index in [4.69, 9.17) is 9.57 Å². The number of benzene rings is 1. The van der Waals surface area contributed by atoms with Crippen LogP contribution in [-0.4, -0.2) is 57.8 Å². The predicted molar refractivity (Wildman–Crippen MR) is 81.3 cm³/mol. The maximum absolute atomic E-state index is 13.2. The molecule has 0 bridgehead atoms. The molecule has 0 saturated heterocycles. The van der Waals surface area contributed by atoms with Crippen molar-refractivity contribution in [2.24, 2.45) is 0 Å². The second-order valence-corrected chi connectivity index (χ2v) is 4.86. The summed E-state index contributed by atoms with van der Waals surface area (Å²) in [6, 6.07) is 5.25. The van der Waals surface area contributed by atoms with Gasteiger partial charge in [0, 0.05) is 20.2 Å². The molecular formula is C14H18FN5O4. The van der Waals surface area contributed by atoms with Gasteiger partial charge in [-0.3, -0.25) is 4.84 Å². The monoisotopic (exact) mass is 339 g/mol. The largest absolute Gasteiger partial charge is 0.436 e. The highest BCUT2D eigenvalue weighted by molar-refractivity contribution is 5.67. The summed E-state index contributed by atoms with van der Waals surface area (Å²) in [5.74, 6) is -0.528. The van der Waals surface area contributed by atoms with Gasteiger partial charge in [-0.05, 0) is 39.9 Å². The molecule has 0 atom stereocenters. The van der Waals surface area contributed by atoms with Gasteiger partial charge in [0.2, 0.25) is 0 Å². The molecule has 1 heterocycles. The summed E-state index contributed by atoms with van der Waals surface area (Å²) < 4.78 is 19.0. The van der Waals surface area contributed by atoms with E-state index in [1.54, 1.807) is 0 Å². The van der Waals surface area contributed by atoms with Crippen LogP contribution in [0, 0.1) is 5.82 Å². The number of ether oxygens (including phenoxy) is 1. The van der Waals surface area contributed by atoms with Crippen molar-refractivity contribution in [3.63, 3.8) is 0 Å². The Morgan fingerprint density at radius 2 is 2.12 bits per heavy atom. The molecule has 10 heteroatoms. The SMILES string of the molecule is CCCN(CCOC)C(=O)On1nnn(-c2cccc(F)c2)c1=O. The lowest BCUT2D eigenvalue weighted by Gasteiger charge is -2.19. The smallest absolute Gasteiger partial charge is 0.383 e. The fraction of sp³-hybridized carbons (Fsp3) is 0.429. The number of hydrogen-bond donors (Lipinski definition) is 0. The number of tetrazole rings is 1. The van der Waals surface area contributed by atoms with Crippen LogP contribution in [0.15, 0.2) is 29.1 Å². The molecule has 0 unspecified atom stereocenters. The Balaban J connectivity index is 2.16. The Morgan fingerprint density at radius 3 is 2.79 bits per heavy atom. The molecule has 24 heavy (non-hydrogen) atoms. The van der Waals surface area contributed by atoms with Crippen LogP contribution in [0.1, 0.15) is 13.3 Å².